The second kappa shape index (κ2) is 7.39. The molecule has 0 bridgehead atoms. The van der Waals surface area contributed by atoms with E-state index in [0.717, 1.165) is 11.8 Å². The minimum Gasteiger partial charge on any atom is -0.272 e. The molecule has 1 aromatic carbocycles. The van der Waals surface area contributed by atoms with Gasteiger partial charge in [0.25, 0.3) is 5.91 Å². The van der Waals surface area contributed by atoms with E-state index in [1.54, 1.807) is 30.3 Å². The van der Waals surface area contributed by atoms with Crippen molar-refractivity contribution in [2.75, 3.05) is 5.75 Å². The molecule has 0 saturated heterocycles. The number of rotatable bonds is 4. The molecule has 0 aliphatic heterocycles. The Balaban J connectivity index is 1.78. The third-order valence-electron chi connectivity index (χ3n) is 2.41. The molecule has 2 N–H and O–H groups in total. The Morgan fingerprint density at radius 3 is 2.57 bits per heavy atom. The van der Waals surface area contributed by atoms with Crippen LogP contribution in [0.1, 0.15) is 10.5 Å². The van der Waals surface area contributed by atoms with Gasteiger partial charge in [-0.3, -0.25) is 25.4 Å². The number of aromatic nitrogens is 1. The lowest BCUT2D eigenvalue weighted by Gasteiger charge is -2.07. The van der Waals surface area contributed by atoms with Crippen LogP contribution >= 0.6 is 11.8 Å². The van der Waals surface area contributed by atoms with Crippen LogP contribution in [0.15, 0.2) is 53.6 Å². The highest BCUT2D eigenvalue weighted by atomic mass is 32.2. The average molecular weight is 305 g/mol. The summed E-state index contributed by atoms with van der Waals surface area (Å²) in [6, 6.07) is 11.0. The van der Waals surface area contributed by atoms with Gasteiger partial charge in [0.15, 0.2) is 0 Å². The average Bonchev–Trinajstić information content (AvgIpc) is 2.52. The molecule has 5 nitrogen and oxygen atoms in total. The zero-order valence-corrected chi connectivity index (χ0v) is 11.7. The second-order valence-electron chi connectivity index (χ2n) is 3.94. The van der Waals surface area contributed by atoms with Crippen LogP contribution in [-0.4, -0.2) is 22.6 Å². The summed E-state index contributed by atoms with van der Waals surface area (Å²) in [5.41, 5.74) is 4.68. The van der Waals surface area contributed by atoms with Crippen LogP contribution in [0.25, 0.3) is 0 Å². The number of pyridine rings is 1. The minimum atomic E-state index is -0.514. The number of thioether (sulfide) groups is 1. The molecule has 0 saturated carbocycles. The highest BCUT2D eigenvalue weighted by molar-refractivity contribution is 8.00. The molecule has 0 spiro atoms. The number of hydrazine groups is 1. The summed E-state index contributed by atoms with van der Waals surface area (Å²) in [5.74, 6) is -1.34. The van der Waals surface area contributed by atoms with E-state index in [4.69, 9.17) is 0 Å². The highest BCUT2D eigenvalue weighted by Gasteiger charge is 2.09. The first-order valence-corrected chi connectivity index (χ1v) is 7.03. The second-order valence-corrected chi connectivity index (χ2v) is 4.95. The molecule has 21 heavy (non-hydrogen) atoms. The predicted octanol–water partition coefficient (Wildman–Crippen LogP) is 1.77. The molecule has 2 aromatic rings. The number of carbonyl (C=O) groups is 2. The van der Waals surface area contributed by atoms with Gasteiger partial charge in [0.2, 0.25) is 5.91 Å². The van der Waals surface area contributed by atoms with Crippen molar-refractivity contribution < 1.29 is 14.0 Å². The molecule has 0 atom stereocenters. The van der Waals surface area contributed by atoms with Gasteiger partial charge in [0.1, 0.15) is 11.5 Å². The van der Waals surface area contributed by atoms with Gasteiger partial charge in [-0.05, 0) is 24.3 Å². The van der Waals surface area contributed by atoms with Crippen LogP contribution in [-0.2, 0) is 4.79 Å². The zero-order valence-electron chi connectivity index (χ0n) is 10.9. The molecule has 0 fully saturated rings. The van der Waals surface area contributed by atoms with Crippen molar-refractivity contribution in [1.82, 2.24) is 15.8 Å². The molecule has 1 heterocycles. The number of nitrogens with one attached hydrogen (secondary N) is 2. The van der Waals surface area contributed by atoms with E-state index < -0.39 is 11.8 Å². The molecule has 0 aliphatic rings. The highest BCUT2D eigenvalue weighted by Crippen LogP contribution is 2.20. The molecule has 7 heteroatoms. The molecule has 1 aromatic heterocycles. The zero-order chi connectivity index (χ0) is 15.1. The number of carbonyl (C=O) groups excluding carboxylic acids is 2. The minimum absolute atomic E-state index is 0.0105. The van der Waals surface area contributed by atoms with Crippen LogP contribution in [0.4, 0.5) is 4.39 Å². The molecule has 0 radical (unpaired) electrons. The van der Waals surface area contributed by atoms with E-state index in [-0.39, 0.29) is 17.3 Å². The smallest absolute Gasteiger partial charge is 0.272 e. The van der Waals surface area contributed by atoms with Crippen LogP contribution in [0.3, 0.4) is 0 Å². The van der Waals surface area contributed by atoms with Crippen LogP contribution in [0.2, 0.25) is 0 Å². The lowest BCUT2D eigenvalue weighted by atomic mass is 10.3. The van der Waals surface area contributed by atoms with Gasteiger partial charge >= 0.3 is 0 Å². The van der Waals surface area contributed by atoms with E-state index in [9.17, 15) is 14.0 Å². The van der Waals surface area contributed by atoms with Crippen molar-refractivity contribution in [2.24, 2.45) is 0 Å². The summed E-state index contributed by atoms with van der Waals surface area (Å²) in [6.07, 6.45) is 1.48. The first-order valence-electron chi connectivity index (χ1n) is 6.04. The third-order valence-corrected chi connectivity index (χ3v) is 3.46. The van der Waals surface area contributed by atoms with E-state index in [2.05, 4.69) is 15.8 Å². The van der Waals surface area contributed by atoms with Gasteiger partial charge in [0, 0.05) is 11.1 Å². The summed E-state index contributed by atoms with van der Waals surface area (Å²) in [4.78, 5) is 27.4. The van der Waals surface area contributed by atoms with Crippen LogP contribution < -0.4 is 10.9 Å². The number of nitrogens with zero attached hydrogens (tertiary/aromatic N) is 1. The number of halogens is 1. The lowest BCUT2D eigenvalue weighted by molar-refractivity contribution is -0.119. The Hall–Kier alpha value is -2.41. The molecule has 0 aliphatic carbocycles. The quantitative estimate of drug-likeness (QED) is 0.667. The first kappa shape index (κ1) is 15.0. The standard InChI is InChI=1S/C14H12FN3O2S/c15-10-5-1-2-7-12(10)21-9-13(19)17-18-14(20)11-6-3-4-8-16-11/h1-8H,9H2,(H,17,19)(H,18,20). The maximum atomic E-state index is 13.3. The summed E-state index contributed by atoms with van der Waals surface area (Å²) in [6.45, 7) is 0. The van der Waals surface area contributed by atoms with E-state index in [1.165, 1.54) is 18.3 Å². The number of hydrogen-bond acceptors (Lipinski definition) is 4. The van der Waals surface area contributed by atoms with Crippen molar-refractivity contribution in [3.63, 3.8) is 0 Å². The summed E-state index contributed by atoms with van der Waals surface area (Å²) < 4.78 is 13.3. The third kappa shape index (κ3) is 4.57. The Bertz CT molecular complexity index is 637. The Kier molecular flexibility index (Phi) is 5.28. The van der Waals surface area contributed by atoms with Gasteiger partial charge in [0.05, 0.1) is 5.75 Å². The van der Waals surface area contributed by atoms with Crippen molar-refractivity contribution in [3.8, 4) is 0 Å². The topological polar surface area (TPSA) is 71.1 Å². The summed E-state index contributed by atoms with van der Waals surface area (Å²) in [7, 11) is 0. The fourth-order valence-electron chi connectivity index (χ4n) is 1.43. The number of amides is 2. The number of benzene rings is 1. The molecular weight excluding hydrogens is 293 g/mol. The SMILES string of the molecule is O=C(CSc1ccccc1F)NNC(=O)c1ccccn1. The molecule has 2 rings (SSSR count). The fourth-order valence-corrected chi connectivity index (χ4v) is 2.17. The fraction of sp³-hybridized carbons (Fsp3) is 0.0714. The van der Waals surface area contributed by atoms with Gasteiger partial charge in [-0.15, -0.1) is 11.8 Å². The van der Waals surface area contributed by atoms with Gasteiger partial charge in [-0.2, -0.15) is 0 Å². The Morgan fingerprint density at radius 1 is 1.10 bits per heavy atom. The monoisotopic (exact) mass is 305 g/mol. The van der Waals surface area contributed by atoms with E-state index in [0.29, 0.717) is 4.90 Å². The van der Waals surface area contributed by atoms with Crippen molar-refractivity contribution in [1.29, 1.82) is 0 Å². The van der Waals surface area contributed by atoms with Crippen LogP contribution in [0.5, 0.6) is 0 Å². The first-order chi connectivity index (χ1) is 10.2. The van der Waals surface area contributed by atoms with E-state index >= 15 is 0 Å². The Labute approximate surface area is 124 Å². The van der Waals surface area contributed by atoms with Gasteiger partial charge < -0.3 is 0 Å². The molecule has 108 valence electrons. The maximum absolute atomic E-state index is 13.3. The van der Waals surface area contributed by atoms with Crippen molar-refractivity contribution >= 4 is 23.6 Å². The maximum Gasteiger partial charge on any atom is 0.288 e. The molecule has 2 amide bonds. The van der Waals surface area contributed by atoms with Crippen molar-refractivity contribution in [2.45, 2.75) is 4.90 Å². The normalized spacial score (nSPS) is 9.95. The predicted molar refractivity (Wildman–Crippen MR) is 77.0 cm³/mol. The van der Waals surface area contributed by atoms with Gasteiger partial charge in [-0.25, -0.2) is 4.39 Å². The van der Waals surface area contributed by atoms with Crippen LogP contribution in [0, 0.1) is 5.82 Å². The summed E-state index contributed by atoms with van der Waals surface area (Å²) >= 11 is 1.05. The van der Waals surface area contributed by atoms with E-state index in [1.807, 2.05) is 0 Å². The van der Waals surface area contributed by atoms with Crippen molar-refractivity contribution in [3.05, 3.63) is 60.2 Å². The molecular formula is C14H12FN3O2S. The summed E-state index contributed by atoms with van der Waals surface area (Å²) in [5, 5.41) is 0. The molecule has 0 unspecified atom stereocenters. The lowest BCUT2D eigenvalue weighted by Crippen LogP contribution is -2.42. The largest absolute Gasteiger partial charge is 0.288 e. The van der Waals surface area contributed by atoms with Gasteiger partial charge in [-0.1, -0.05) is 18.2 Å². The number of hydrogen-bond donors (Lipinski definition) is 2. The Morgan fingerprint density at radius 2 is 1.86 bits per heavy atom.